The molecule has 0 bridgehead atoms. The predicted octanol–water partition coefficient (Wildman–Crippen LogP) is 4.00. The van der Waals surface area contributed by atoms with Crippen LogP contribution in [0.25, 0.3) is 0 Å². The summed E-state index contributed by atoms with van der Waals surface area (Å²) in [5, 5.41) is 14.5. The second-order valence-electron chi connectivity index (χ2n) is 4.70. The summed E-state index contributed by atoms with van der Waals surface area (Å²) in [4.78, 5) is 11.7. The average Bonchev–Trinajstić information content (AvgIpc) is 2.56. The lowest BCUT2D eigenvalue weighted by Crippen LogP contribution is -2.24. The Morgan fingerprint density at radius 2 is 2.08 bits per heavy atom. The molecule has 0 fully saturated rings. The van der Waals surface area contributed by atoms with Gasteiger partial charge in [-0.3, -0.25) is 4.79 Å². The lowest BCUT2D eigenvalue weighted by molar-refractivity contribution is -0.123. The van der Waals surface area contributed by atoms with Crippen LogP contribution in [0.5, 0.6) is 17.2 Å². The molecule has 0 aliphatic heterocycles. The standard InChI is InChI=1S/C16H13BrCl2N2O4/c1-24-14-5-10(17)4-9(16(14)23)7-20-21-15(22)8-25-13-3-2-11(18)6-12(13)19/h2-7,23H,8H2,1H3,(H,21,22)/b20-7-. The molecule has 9 heteroatoms. The Balaban J connectivity index is 1.93. The van der Waals surface area contributed by atoms with Gasteiger partial charge in [0.25, 0.3) is 5.91 Å². The number of hydrogen-bond acceptors (Lipinski definition) is 5. The van der Waals surface area contributed by atoms with Crippen LogP contribution in [0.2, 0.25) is 10.0 Å². The van der Waals surface area contributed by atoms with Gasteiger partial charge in [0, 0.05) is 15.1 Å². The van der Waals surface area contributed by atoms with Gasteiger partial charge in [-0.25, -0.2) is 5.43 Å². The number of nitrogens with one attached hydrogen (secondary N) is 1. The molecule has 2 rings (SSSR count). The van der Waals surface area contributed by atoms with Crippen LogP contribution in [0.3, 0.4) is 0 Å². The summed E-state index contributed by atoms with van der Waals surface area (Å²) < 4.78 is 11.0. The number of methoxy groups -OCH3 is 1. The molecule has 0 unspecified atom stereocenters. The number of hydrogen-bond donors (Lipinski definition) is 2. The summed E-state index contributed by atoms with van der Waals surface area (Å²) >= 11 is 15.0. The molecular weight excluding hydrogens is 435 g/mol. The summed E-state index contributed by atoms with van der Waals surface area (Å²) in [6.07, 6.45) is 1.29. The SMILES string of the molecule is COc1cc(Br)cc(/C=N\NC(=O)COc2ccc(Cl)cc2Cl)c1O. The summed E-state index contributed by atoms with van der Waals surface area (Å²) in [7, 11) is 1.43. The first-order valence-corrected chi connectivity index (χ1v) is 8.42. The van der Waals surface area contributed by atoms with Crippen molar-refractivity contribution in [2.24, 2.45) is 5.10 Å². The fourth-order valence-electron chi connectivity index (χ4n) is 1.79. The highest BCUT2D eigenvalue weighted by molar-refractivity contribution is 9.10. The molecule has 0 radical (unpaired) electrons. The molecule has 0 aliphatic rings. The maximum absolute atomic E-state index is 11.7. The fraction of sp³-hybridized carbons (Fsp3) is 0.125. The predicted molar refractivity (Wildman–Crippen MR) is 100 cm³/mol. The van der Waals surface area contributed by atoms with Gasteiger partial charge in [-0.15, -0.1) is 0 Å². The molecule has 1 amide bonds. The molecule has 132 valence electrons. The zero-order valence-corrected chi connectivity index (χ0v) is 16.0. The molecule has 2 aromatic carbocycles. The van der Waals surface area contributed by atoms with Crippen molar-refractivity contribution in [3.05, 3.63) is 50.4 Å². The number of benzene rings is 2. The largest absolute Gasteiger partial charge is 0.504 e. The summed E-state index contributed by atoms with van der Waals surface area (Å²) in [5.74, 6) is 0.0269. The Bertz CT molecular complexity index is 815. The molecule has 0 aromatic heterocycles. The first-order valence-electron chi connectivity index (χ1n) is 6.87. The number of aromatic hydroxyl groups is 1. The highest BCUT2D eigenvalue weighted by Crippen LogP contribution is 2.32. The Morgan fingerprint density at radius 1 is 1.32 bits per heavy atom. The van der Waals surface area contributed by atoms with E-state index in [1.807, 2.05) is 0 Å². The minimum absolute atomic E-state index is 0.0899. The Morgan fingerprint density at radius 3 is 2.76 bits per heavy atom. The topological polar surface area (TPSA) is 80.2 Å². The number of nitrogens with zero attached hydrogens (tertiary/aromatic N) is 1. The van der Waals surface area contributed by atoms with E-state index in [1.165, 1.54) is 19.4 Å². The van der Waals surface area contributed by atoms with E-state index in [0.29, 0.717) is 25.8 Å². The molecular formula is C16H13BrCl2N2O4. The van der Waals surface area contributed by atoms with E-state index in [1.54, 1.807) is 24.3 Å². The summed E-state index contributed by atoms with van der Waals surface area (Å²) in [5.41, 5.74) is 2.65. The number of ether oxygens (including phenoxy) is 2. The van der Waals surface area contributed by atoms with Gasteiger partial charge in [0.2, 0.25) is 0 Å². The van der Waals surface area contributed by atoms with Crippen molar-refractivity contribution < 1.29 is 19.4 Å². The quantitative estimate of drug-likeness (QED) is 0.518. The van der Waals surface area contributed by atoms with Crippen molar-refractivity contribution in [2.75, 3.05) is 13.7 Å². The van der Waals surface area contributed by atoms with Gasteiger partial charge in [-0.1, -0.05) is 39.1 Å². The first kappa shape index (κ1) is 19.4. The Labute approximate surface area is 162 Å². The number of rotatable bonds is 6. The second-order valence-corrected chi connectivity index (χ2v) is 6.46. The van der Waals surface area contributed by atoms with Gasteiger partial charge < -0.3 is 14.6 Å². The fourth-order valence-corrected chi connectivity index (χ4v) is 2.71. The monoisotopic (exact) mass is 446 g/mol. The highest BCUT2D eigenvalue weighted by atomic mass is 79.9. The molecule has 2 N–H and O–H groups in total. The smallest absolute Gasteiger partial charge is 0.277 e. The Hall–Kier alpha value is -1.96. The van der Waals surface area contributed by atoms with E-state index in [4.69, 9.17) is 32.7 Å². The van der Waals surface area contributed by atoms with Crippen LogP contribution in [0, 0.1) is 0 Å². The molecule has 0 atom stereocenters. The van der Waals surface area contributed by atoms with Crippen molar-refractivity contribution in [2.45, 2.75) is 0 Å². The van der Waals surface area contributed by atoms with Crippen LogP contribution < -0.4 is 14.9 Å². The minimum atomic E-state index is -0.497. The molecule has 0 spiro atoms. The van der Waals surface area contributed by atoms with Gasteiger partial charge >= 0.3 is 0 Å². The zero-order valence-electron chi connectivity index (χ0n) is 12.9. The lowest BCUT2D eigenvalue weighted by atomic mass is 10.2. The van der Waals surface area contributed by atoms with Crippen LogP contribution in [-0.4, -0.2) is 30.9 Å². The third-order valence-electron chi connectivity index (χ3n) is 2.93. The first-order chi connectivity index (χ1) is 11.9. The number of carbonyl (C=O) groups is 1. The van der Waals surface area contributed by atoms with Gasteiger partial charge in [0.05, 0.1) is 18.3 Å². The number of amides is 1. The van der Waals surface area contributed by atoms with Crippen LogP contribution >= 0.6 is 39.1 Å². The number of phenols is 1. The van der Waals surface area contributed by atoms with E-state index in [-0.39, 0.29) is 18.1 Å². The molecule has 0 saturated heterocycles. The number of phenolic OH excluding ortho intramolecular Hbond substituents is 1. The van der Waals surface area contributed by atoms with Crippen molar-refractivity contribution in [3.63, 3.8) is 0 Å². The van der Waals surface area contributed by atoms with Crippen LogP contribution in [0.1, 0.15) is 5.56 Å². The van der Waals surface area contributed by atoms with Gasteiger partial charge in [0.15, 0.2) is 18.1 Å². The maximum atomic E-state index is 11.7. The van der Waals surface area contributed by atoms with Crippen LogP contribution in [-0.2, 0) is 4.79 Å². The van der Waals surface area contributed by atoms with E-state index in [2.05, 4.69) is 26.5 Å². The molecule has 2 aromatic rings. The maximum Gasteiger partial charge on any atom is 0.277 e. The third kappa shape index (κ3) is 5.52. The van der Waals surface area contributed by atoms with E-state index in [0.717, 1.165) is 0 Å². The number of hydrazone groups is 1. The van der Waals surface area contributed by atoms with Crippen LogP contribution in [0.4, 0.5) is 0 Å². The molecule has 0 heterocycles. The van der Waals surface area contributed by atoms with E-state index >= 15 is 0 Å². The average molecular weight is 448 g/mol. The highest BCUT2D eigenvalue weighted by Gasteiger charge is 2.09. The zero-order chi connectivity index (χ0) is 18.4. The van der Waals surface area contributed by atoms with Crippen molar-refractivity contribution in [1.82, 2.24) is 5.43 Å². The van der Waals surface area contributed by atoms with E-state index in [9.17, 15) is 9.90 Å². The number of halogens is 3. The molecule has 0 saturated carbocycles. The normalized spacial score (nSPS) is 10.7. The van der Waals surface area contributed by atoms with Gasteiger partial charge in [-0.05, 0) is 30.3 Å². The molecule has 0 aliphatic carbocycles. The number of carbonyl (C=O) groups excluding carboxylic acids is 1. The van der Waals surface area contributed by atoms with Crippen LogP contribution in [0.15, 0.2) is 39.9 Å². The van der Waals surface area contributed by atoms with Crippen molar-refractivity contribution in [3.8, 4) is 17.2 Å². The summed E-state index contributed by atoms with van der Waals surface area (Å²) in [6, 6.07) is 7.90. The minimum Gasteiger partial charge on any atom is -0.504 e. The lowest BCUT2D eigenvalue weighted by Gasteiger charge is -2.08. The van der Waals surface area contributed by atoms with Gasteiger partial charge in [-0.2, -0.15) is 5.10 Å². The van der Waals surface area contributed by atoms with Gasteiger partial charge in [0.1, 0.15) is 5.75 Å². The third-order valence-corrected chi connectivity index (χ3v) is 3.92. The molecule has 25 heavy (non-hydrogen) atoms. The Kier molecular flexibility index (Phi) is 6.92. The summed E-state index contributed by atoms with van der Waals surface area (Å²) in [6.45, 7) is -0.285. The second kappa shape index (κ2) is 8.94. The molecule has 6 nitrogen and oxygen atoms in total. The van der Waals surface area contributed by atoms with E-state index < -0.39 is 5.91 Å². The van der Waals surface area contributed by atoms with Crippen molar-refractivity contribution >= 4 is 51.3 Å². The van der Waals surface area contributed by atoms with Crippen molar-refractivity contribution in [1.29, 1.82) is 0 Å².